The lowest BCUT2D eigenvalue weighted by atomic mass is 9.95. The van der Waals surface area contributed by atoms with Crippen LogP contribution in [0.1, 0.15) is 24.0 Å². The number of hydrogen-bond acceptors (Lipinski definition) is 5. The van der Waals surface area contributed by atoms with Gasteiger partial charge in [0.2, 0.25) is 6.79 Å². The Morgan fingerprint density at radius 2 is 1.91 bits per heavy atom. The second kappa shape index (κ2) is 9.91. The quantitative estimate of drug-likeness (QED) is 0.335. The zero-order valence-corrected chi connectivity index (χ0v) is 21.9. The summed E-state index contributed by atoms with van der Waals surface area (Å²) in [4.78, 5) is 9.58. The molecular formula is C26H33IN4O3. The largest absolute Gasteiger partial charge is 0.454 e. The normalized spacial score (nSPS) is 25.0. The predicted molar refractivity (Wildman–Crippen MR) is 142 cm³/mol. The van der Waals surface area contributed by atoms with Gasteiger partial charge in [-0.1, -0.05) is 36.4 Å². The van der Waals surface area contributed by atoms with Gasteiger partial charge in [-0.05, 0) is 36.1 Å². The number of morpholine rings is 1. The Kier molecular flexibility index (Phi) is 6.90. The molecule has 1 N–H and O–H groups in total. The van der Waals surface area contributed by atoms with E-state index in [1.54, 1.807) is 0 Å². The lowest BCUT2D eigenvalue weighted by Crippen LogP contribution is -2.50. The summed E-state index contributed by atoms with van der Waals surface area (Å²) in [6.45, 7) is 5.75. The van der Waals surface area contributed by atoms with Gasteiger partial charge in [0.25, 0.3) is 0 Å². The van der Waals surface area contributed by atoms with Crippen LogP contribution < -0.4 is 14.8 Å². The number of ether oxygens (including phenoxy) is 3. The Morgan fingerprint density at radius 3 is 2.71 bits per heavy atom. The van der Waals surface area contributed by atoms with E-state index >= 15 is 0 Å². The number of fused-ring (bicyclic) bond motifs is 2. The number of likely N-dealkylation sites (tertiary alicyclic amines) is 1. The monoisotopic (exact) mass is 576 g/mol. The SMILES string of the molecule is CN=C(NCC1(c2ccc3c(c2)OCO3)CC1)N1CC2OCCN(Cc3ccccc3)C2C1.I. The molecule has 2 aromatic rings. The second-order valence-corrected chi connectivity index (χ2v) is 9.59. The molecule has 6 rings (SSSR count). The van der Waals surface area contributed by atoms with Crippen LogP contribution in [0, 0.1) is 0 Å². The minimum atomic E-state index is 0. The molecule has 2 atom stereocenters. The molecule has 0 amide bonds. The molecule has 1 saturated carbocycles. The molecule has 0 bridgehead atoms. The summed E-state index contributed by atoms with van der Waals surface area (Å²) >= 11 is 0. The van der Waals surface area contributed by atoms with Crippen molar-refractivity contribution >= 4 is 29.9 Å². The highest BCUT2D eigenvalue weighted by Crippen LogP contribution is 2.50. The minimum Gasteiger partial charge on any atom is -0.454 e. The highest BCUT2D eigenvalue weighted by Gasteiger charge is 2.46. The maximum absolute atomic E-state index is 6.17. The molecule has 2 aromatic carbocycles. The fourth-order valence-corrected chi connectivity index (χ4v) is 5.47. The van der Waals surface area contributed by atoms with Gasteiger partial charge < -0.3 is 24.4 Å². The number of halogens is 1. The van der Waals surface area contributed by atoms with Crippen molar-refractivity contribution < 1.29 is 14.2 Å². The van der Waals surface area contributed by atoms with Gasteiger partial charge in [-0.3, -0.25) is 9.89 Å². The van der Waals surface area contributed by atoms with Crippen molar-refractivity contribution in [1.29, 1.82) is 0 Å². The minimum absolute atomic E-state index is 0. The maximum atomic E-state index is 6.17. The van der Waals surface area contributed by atoms with Crippen LogP contribution in [0.2, 0.25) is 0 Å². The van der Waals surface area contributed by atoms with Crippen LogP contribution in [0.5, 0.6) is 11.5 Å². The zero-order valence-electron chi connectivity index (χ0n) is 19.6. The van der Waals surface area contributed by atoms with E-state index in [0.29, 0.717) is 12.8 Å². The molecule has 182 valence electrons. The molecule has 3 aliphatic heterocycles. The van der Waals surface area contributed by atoms with Gasteiger partial charge in [0.1, 0.15) is 0 Å². The third kappa shape index (κ3) is 4.59. The average Bonchev–Trinajstić information content (AvgIpc) is 3.27. The Balaban J connectivity index is 0.00000241. The summed E-state index contributed by atoms with van der Waals surface area (Å²) in [5.74, 6) is 2.68. The van der Waals surface area contributed by atoms with Gasteiger partial charge in [0, 0.05) is 45.2 Å². The molecule has 0 radical (unpaired) electrons. The van der Waals surface area contributed by atoms with Crippen LogP contribution in [0.15, 0.2) is 53.5 Å². The first-order valence-corrected chi connectivity index (χ1v) is 12.0. The fourth-order valence-electron chi connectivity index (χ4n) is 5.47. The molecule has 4 aliphatic rings. The third-order valence-corrected chi connectivity index (χ3v) is 7.58. The Morgan fingerprint density at radius 1 is 1.09 bits per heavy atom. The molecule has 1 aliphatic carbocycles. The Hall–Kier alpha value is -2.04. The summed E-state index contributed by atoms with van der Waals surface area (Å²) < 4.78 is 17.3. The smallest absolute Gasteiger partial charge is 0.231 e. The van der Waals surface area contributed by atoms with Gasteiger partial charge in [-0.25, -0.2) is 0 Å². The van der Waals surface area contributed by atoms with Gasteiger partial charge >= 0.3 is 0 Å². The molecule has 2 unspecified atom stereocenters. The highest BCUT2D eigenvalue weighted by atomic mass is 127. The first kappa shape index (κ1) is 23.7. The zero-order chi connectivity index (χ0) is 22.3. The topological polar surface area (TPSA) is 58.6 Å². The van der Waals surface area contributed by atoms with Crippen molar-refractivity contribution in [2.45, 2.75) is 36.9 Å². The number of guanidine groups is 1. The summed E-state index contributed by atoms with van der Waals surface area (Å²) in [5, 5.41) is 3.68. The second-order valence-electron chi connectivity index (χ2n) is 9.59. The van der Waals surface area contributed by atoms with Crippen LogP contribution >= 0.6 is 24.0 Å². The predicted octanol–water partition coefficient (Wildman–Crippen LogP) is 3.23. The van der Waals surface area contributed by atoms with E-state index in [1.165, 1.54) is 24.0 Å². The molecular weight excluding hydrogens is 543 g/mol. The summed E-state index contributed by atoms with van der Waals surface area (Å²) in [6, 6.07) is 17.5. The molecule has 0 aromatic heterocycles. The van der Waals surface area contributed by atoms with E-state index < -0.39 is 0 Å². The van der Waals surface area contributed by atoms with E-state index in [-0.39, 0.29) is 35.5 Å². The standard InChI is InChI=1S/C26H32N4O3.HI/c1-27-25(28-17-26(9-10-26)20-7-8-22-23(13-20)33-18-32-22)30-15-21-24(16-30)31-12-11-29(21)14-19-5-3-2-4-6-19;/h2-8,13,21,24H,9-12,14-18H2,1H3,(H,27,28);1H. The first-order valence-electron chi connectivity index (χ1n) is 12.0. The number of aliphatic imine (C=N–C) groups is 1. The molecule has 7 nitrogen and oxygen atoms in total. The molecule has 2 saturated heterocycles. The van der Waals surface area contributed by atoms with Gasteiger partial charge in [0.05, 0.1) is 18.8 Å². The highest BCUT2D eigenvalue weighted by molar-refractivity contribution is 14.0. The summed E-state index contributed by atoms with van der Waals surface area (Å²) in [7, 11) is 1.88. The molecule has 3 heterocycles. The first-order chi connectivity index (χ1) is 16.2. The van der Waals surface area contributed by atoms with Crippen LogP contribution in [0.25, 0.3) is 0 Å². The number of benzene rings is 2. The Labute approximate surface area is 218 Å². The van der Waals surface area contributed by atoms with Gasteiger partial charge in [0.15, 0.2) is 17.5 Å². The molecule has 34 heavy (non-hydrogen) atoms. The molecule has 8 heteroatoms. The van der Waals surface area contributed by atoms with E-state index in [1.807, 2.05) is 13.1 Å². The van der Waals surface area contributed by atoms with E-state index in [4.69, 9.17) is 14.2 Å². The number of nitrogens with zero attached hydrogens (tertiary/aromatic N) is 3. The maximum Gasteiger partial charge on any atom is 0.231 e. The van der Waals surface area contributed by atoms with Crippen molar-refractivity contribution in [2.24, 2.45) is 4.99 Å². The van der Waals surface area contributed by atoms with Gasteiger partial charge in [-0.15, -0.1) is 24.0 Å². The lowest BCUT2D eigenvalue weighted by molar-refractivity contribution is -0.0502. The van der Waals surface area contributed by atoms with Crippen molar-refractivity contribution in [3.8, 4) is 11.5 Å². The van der Waals surface area contributed by atoms with Crippen molar-refractivity contribution in [2.75, 3.05) is 46.6 Å². The van der Waals surface area contributed by atoms with Crippen LogP contribution in [0.4, 0.5) is 0 Å². The number of hydrogen-bond donors (Lipinski definition) is 1. The van der Waals surface area contributed by atoms with E-state index in [0.717, 1.165) is 56.8 Å². The fraction of sp³-hybridized carbons (Fsp3) is 0.500. The lowest BCUT2D eigenvalue weighted by Gasteiger charge is -2.36. The third-order valence-electron chi connectivity index (χ3n) is 7.58. The van der Waals surface area contributed by atoms with E-state index in [9.17, 15) is 0 Å². The van der Waals surface area contributed by atoms with Crippen LogP contribution in [0.3, 0.4) is 0 Å². The van der Waals surface area contributed by atoms with Crippen LogP contribution in [-0.4, -0.2) is 74.5 Å². The van der Waals surface area contributed by atoms with Crippen molar-refractivity contribution in [1.82, 2.24) is 15.1 Å². The number of nitrogens with one attached hydrogen (secondary N) is 1. The molecule has 3 fully saturated rings. The number of rotatable bonds is 5. The summed E-state index contributed by atoms with van der Waals surface area (Å²) in [5.41, 5.74) is 2.83. The van der Waals surface area contributed by atoms with Gasteiger partial charge in [-0.2, -0.15) is 0 Å². The van der Waals surface area contributed by atoms with Crippen molar-refractivity contribution in [3.63, 3.8) is 0 Å². The van der Waals surface area contributed by atoms with Crippen LogP contribution in [-0.2, 0) is 16.7 Å². The average molecular weight is 576 g/mol. The summed E-state index contributed by atoms with van der Waals surface area (Å²) in [6.07, 6.45) is 2.58. The van der Waals surface area contributed by atoms with E-state index in [2.05, 4.69) is 62.6 Å². The van der Waals surface area contributed by atoms with Crippen molar-refractivity contribution in [3.05, 3.63) is 59.7 Å². The Bertz CT molecular complexity index is 1030. The molecule has 0 spiro atoms.